The summed E-state index contributed by atoms with van der Waals surface area (Å²) in [5.41, 5.74) is 2.48. The maximum atomic E-state index is 4.38. The molecule has 1 aromatic heterocycles. The lowest BCUT2D eigenvalue weighted by molar-refractivity contribution is 0.640. The Morgan fingerprint density at radius 1 is 1.00 bits per heavy atom. The van der Waals surface area contributed by atoms with Crippen LogP contribution in [0.15, 0.2) is 53.1 Å². The standard InChI is InChI=1S/C15H17BrN2/c16-15-10-4-9-14(18-15)12-17-11-5-8-13-6-2-1-3-7-13/h1-4,6-7,9-10,17H,5,8,11-12H2. The molecule has 0 bridgehead atoms. The van der Waals surface area contributed by atoms with Crippen molar-refractivity contribution < 1.29 is 0 Å². The molecular weight excluding hydrogens is 288 g/mol. The molecule has 94 valence electrons. The fourth-order valence-electron chi connectivity index (χ4n) is 1.83. The summed E-state index contributed by atoms with van der Waals surface area (Å²) in [5, 5.41) is 3.42. The van der Waals surface area contributed by atoms with Crippen molar-refractivity contribution in [2.75, 3.05) is 6.54 Å². The van der Waals surface area contributed by atoms with Gasteiger partial charge in [0.1, 0.15) is 4.60 Å². The summed E-state index contributed by atoms with van der Waals surface area (Å²) in [6, 6.07) is 16.6. The highest BCUT2D eigenvalue weighted by Crippen LogP contribution is 2.06. The normalized spacial score (nSPS) is 10.5. The fraction of sp³-hybridized carbons (Fsp3) is 0.267. The van der Waals surface area contributed by atoms with Gasteiger partial charge in [-0.05, 0) is 53.0 Å². The first-order valence-corrected chi connectivity index (χ1v) is 7.00. The molecule has 2 aromatic rings. The van der Waals surface area contributed by atoms with Crippen LogP contribution >= 0.6 is 15.9 Å². The maximum Gasteiger partial charge on any atom is 0.106 e. The first kappa shape index (κ1) is 13.2. The SMILES string of the molecule is Brc1cccc(CNCCCc2ccccc2)n1. The zero-order valence-corrected chi connectivity index (χ0v) is 11.9. The second-order valence-electron chi connectivity index (χ2n) is 4.22. The van der Waals surface area contributed by atoms with Gasteiger partial charge in [0.05, 0.1) is 5.69 Å². The second kappa shape index (κ2) is 7.29. The van der Waals surface area contributed by atoms with Crippen molar-refractivity contribution in [2.24, 2.45) is 0 Å². The summed E-state index contributed by atoms with van der Waals surface area (Å²) < 4.78 is 0.895. The highest BCUT2D eigenvalue weighted by Gasteiger charge is 1.96. The Morgan fingerprint density at radius 2 is 1.83 bits per heavy atom. The number of aryl methyl sites for hydroxylation is 1. The van der Waals surface area contributed by atoms with E-state index in [1.807, 2.05) is 18.2 Å². The largest absolute Gasteiger partial charge is 0.311 e. The molecule has 0 unspecified atom stereocenters. The summed E-state index contributed by atoms with van der Waals surface area (Å²) in [4.78, 5) is 4.38. The lowest BCUT2D eigenvalue weighted by atomic mass is 10.1. The Hall–Kier alpha value is -1.19. The minimum Gasteiger partial charge on any atom is -0.311 e. The van der Waals surface area contributed by atoms with E-state index < -0.39 is 0 Å². The van der Waals surface area contributed by atoms with Gasteiger partial charge in [-0.3, -0.25) is 0 Å². The molecule has 3 heteroatoms. The average Bonchev–Trinajstić information content (AvgIpc) is 2.40. The fourth-order valence-corrected chi connectivity index (χ4v) is 2.21. The van der Waals surface area contributed by atoms with Gasteiger partial charge < -0.3 is 5.32 Å². The van der Waals surface area contributed by atoms with Crippen LogP contribution in [0.2, 0.25) is 0 Å². The first-order chi connectivity index (χ1) is 8.84. The van der Waals surface area contributed by atoms with E-state index in [-0.39, 0.29) is 0 Å². The molecule has 0 aliphatic rings. The van der Waals surface area contributed by atoms with Crippen molar-refractivity contribution in [3.05, 3.63) is 64.4 Å². The molecule has 0 amide bonds. The smallest absolute Gasteiger partial charge is 0.106 e. The molecule has 2 nitrogen and oxygen atoms in total. The zero-order chi connectivity index (χ0) is 12.6. The quantitative estimate of drug-likeness (QED) is 0.652. The molecule has 0 saturated heterocycles. The van der Waals surface area contributed by atoms with Crippen molar-refractivity contribution >= 4 is 15.9 Å². The van der Waals surface area contributed by atoms with E-state index >= 15 is 0 Å². The van der Waals surface area contributed by atoms with E-state index in [0.717, 1.165) is 36.2 Å². The number of nitrogens with zero attached hydrogens (tertiary/aromatic N) is 1. The van der Waals surface area contributed by atoms with Gasteiger partial charge in [0, 0.05) is 6.54 Å². The third kappa shape index (κ3) is 4.59. The molecule has 0 atom stereocenters. The molecule has 0 aliphatic carbocycles. The predicted octanol–water partition coefficient (Wildman–Crippen LogP) is 3.57. The summed E-state index contributed by atoms with van der Waals surface area (Å²) in [7, 11) is 0. The third-order valence-electron chi connectivity index (χ3n) is 2.74. The molecular formula is C15H17BrN2. The van der Waals surface area contributed by atoms with Crippen LogP contribution in [0.1, 0.15) is 17.7 Å². The van der Waals surface area contributed by atoms with E-state index in [1.165, 1.54) is 5.56 Å². The van der Waals surface area contributed by atoms with E-state index in [1.54, 1.807) is 0 Å². The Labute approximate surface area is 117 Å². The molecule has 0 fully saturated rings. The number of aromatic nitrogens is 1. The number of pyridine rings is 1. The molecule has 0 radical (unpaired) electrons. The topological polar surface area (TPSA) is 24.9 Å². The molecule has 1 N–H and O–H groups in total. The molecule has 2 rings (SSSR count). The highest BCUT2D eigenvalue weighted by molar-refractivity contribution is 9.10. The number of benzene rings is 1. The van der Waals surface area contributed by atoms with Gasteiger partial charge in [-0.25, -0.2) is 4.98 Å². The summed E-state index contributed by atoms with van der Waals surface area (Å²) in [6.45, 7) is 1.84. The van der Waals surface area contributed by atoms with Crippen LogP contribution in [0.3, 0.4) is 0 Å². The molecule has 0 aliphatic heterocycles. The average molecular weight is 305 g/mol. The van der Waals surface area contributed by atoms with Gasteiger partial charge in [0.2, 0.25) is 0 Å². The Balaban J connectivity index is 1.65. The van der Waals surface area contributed by atoms with E-state index in [4.69, 9.17) is 0 Å². The van der Waals surface area contributed by atoms with Crippen LogP contribution in [0.4, 0.5) is 0 Å². The predicted molar refractivity (Wildman–Crippen MR) is 78.4 cm³/mol. The lowest BCUT2D eigenvalue weighted by Crippen LogP contribution is -2.16. The Kier molecular flexibility index (Phi) is 5.36. The Bertz CT molecular complexity index is 471. The summed E-state index contributed by atoms with van der Waals surface area (Å²) >= 11 is 3.38. The molecule has 1 heterocycles. The number of rotatable bonds is 6. The van der Waals surface area contributed by atoms with Gasteiger partial charge in [0.25, 0.3) is 0 Å². The van der Waals surface area contributed by atoms with Crippen LogP contribution < -0.4 is 5.32 Å². The van der Waals surface area contributed by atoms with Crippen LogP contribution in [0.25, 0.3) is 0 Å². The van der Waals surface area contributed by atoms with Gasteiger partial charge in [0.15, 0.2) is 0 Å². The van der Waals surface area contributed by atoms with Crippen LogP contribution in [-0.4, -0.2) is 11.5 Å². The van der Waals surface area contributed by atoms with Gasteiger partial charge in [-0.2, -0.15) is 0 Å². The molecule has 0 spiro atoms. The molecule has 18 heavy (non-hydrogen) atoms. The molecule has 0 saturated carbocycles. The van der Waals surface area contributed by atoms with Crippen LogP contribution in [0.5, 0.6) is 0 Å². The Morgan fingerprint density at radius 3 is 2.61 bits per heavy atom. The van der Waals surface area contributed by atoms with Crippen LogP contribution in [0, 0.1) is 0 Å². The summed E-state index contributed by atoms with van der Waals surface area (Å²) in [6.07, 6.45) is 2.28. The highest BCUT2D eigenvalue weighted by atomic mass is 79.9. The molecule has 1 aromatic carbocycles. The number of hydrogen-bond donors (Lipinski definition) is 1. The van der Waals surface area contributed by atoms with Crippen molar-refractivity contribution in [1.82, 2.24) is 10.3 Å². The minimum absolute atomic E-state index is 0.828. The van der Waals surface area contributed by atoms with Crippen LogP contribution in [-0.2, 0) is 13.0 Å². The maximum absolute atomic E-state index is 4.38. The third-order valence-corrected chi connectivity index (χ3v) is 3.18. The lowest BCUT2D eigenvalue weighted by Gasteiger charge is -2.05. The van der Waals surface area contributed by atoms with E-state index in [0.29, 0.717) is 0 Å². The monoisotopic (exact) mass is 304 g/mol. The van der Waals surface area contributed by atoms with E-state index in [2.05, 4.69) is 56.6 Å². The summed E-state index contributed by atoms with van der Waals surface area (Å²) in [5.74, 6) is 0. The van der Waals surface area contributed by atoms with E-state index in [9.17, 15) is 0 Å². The zero-order valence-electron chi connectivity index (χ0n) is 10.3. The van der Waals surface area contributed by atoms with Crippen molar-refractivity contribution in [3.8, 4) is 0 Å². The van der Waals surface area contributed by atoms with Gasteiger partial charge in [-0.1, -0.05) is 36.4 Å². The van der Waals surface area contributed by atoms with Gasteiger partial charge >= 0.3 is 0 Å². The van der Waals surface area contributed by atoms with Crippen molar-refractivity contribution in [2.45, 2.75) is 19.4 Å². The number of halogens is 1. The number of nitrogens with one attached hydrogen (secondary N) is 1. The van der Waals surface area contributed by atoms with Crippen molar-refractivity contribution in [1.29, 1.82) is 0 Å². The van der Waals surface area contributed by atoms with Gasteiger partial charge in [-0.15, -0.1) is 0 Å². The van der Waals surface area contributed by atoms with Crippen molar-refractivity contribution in [3.63, 3.8) is 0 Å². The minimum atomic E-state index is 0.828. The first-order valence-electron chi connectivity index (χ1n) is 6.21. The second-order valence-corrected chi connectivity index (χ2v) is 5.03. The number of hydrogen-bond acceptors (Lipinski definition) is 2.